The summed E-state index contributed by atoms with van der Waals surface area (Å²) in [6.45, 7) is 0.525. The number of fused-ring (bicyclic) bond motifs is 3. The van der Waals surface area contributed by atoms with Gasteiger partial charge in [-0.25, -0.2) is 0 Å². The zero-order chi connectivity index (χ0) is 17.4. The van der Waals surface area contributed by atoms with Crippen molar-refractivity contribution in [2.45, 2.75) is 44.2 Å². The molecule has 2 N–H and O–H groups in total. The Bertz CT molecular complexity index is 671. The van der Waals surface area contributed by atoms with Crippen molar-refractivity contribution in [3.8, 4) is 0 Å². The van der Waals surface area contributed by atoms with Crippen LogP contribution in [0.4, 0.5) is 0 Å². The van der Waals surface area contributed by atoms with Crippen LogP contribution < -0.4 is 10.6 Å². The van der Waals surface area contributed by atoms with Crippen molar-refractivity contribution in [2.24, 2.45) is 5.92 Å². The summed E-state index contributed by atoms with van der Waals surface area (Å²) in [5.41, 5.74) is 0.896. The average Bonchev–Trinajstić information content (AvgIpc) is 3.07. The van der Waals surface area contributed by atoms with Crippen LogP contribution in [0, 0.1) is 5.92 Å². The molecule has 132 valence electrons. The monoisotopic (exact) mass is 341 g/mol. The number of hydrogen-bond donors (Lipinski definition) is 2. The Balaban J connectivity index is 1.25. The Hall–Kier alpha value is -2.21. The first-order chi connectivity index (χ1) is 12.1. The fourth-order valence-corrected chi connectivity index (χ4v) is 4.43. The van der Waals surface area contributed by atoms with Crippen LogP contribution in [0.5, 0.6) is 0 Å². The molecule has 1 aromatic rings. The van der Waals surface area contributed by atoms with Crippen molar-refractivity contribution in [1.29, 1.82) is 0 Å². The van der Waals surface area contributed by atoms with Crippen LogP contribution in [0.3, 0.4) is 0 Å². The second kappa shape index (κ2) is 6.59. The largest absolute Gasteiger partial charge is 0.354 e. The number of amides is 3. The van der Waals surface area contributed by atoms with Crippen molar-refractivity contribution in [3.63, 3.8) is 0 Å². The van der Waals surface area contributed by atoms with Crippen LogP contribution in [0.15, 0.2) is 24.3 Å². The Morgan fingerprint density at radius 3 is 2.28 bits per heavy atom. The average molecular weight is 341 g/mol. The highest BCUT2D eigenvalue weighted by Crippen LogP contribution is 2.32. The Morgan fingerprint density at radius 2 is 1.68 bits per heavy atom. The van der Waals surface area contributed by atoms with E-state index in [0.29, 0.717) is 42.1 Å². The molecule has 0 saturated carbocycles. The number of nitrogens with zero attached hydrogens (tertiary/aromatic N) is 1. The van der Waals surface area contributed by atoms with E-state index >= 15 is 0 Å². The topological polar surface area (TPSA) is 78.5 Å². The second-order valence-corrected chi connectivity index (χ2v) is 7.34. The number of piperidine rings is 1. The van der Waals surface area contributed by atoms with Crippen LogP contribution in [-0.2, 0) is 4.79 Å². The van der Waals surface area contributed by atoms with Gasteiger partial charge < -0.3 is 10.6 Å². The summed E-state index contributed by atoms with van der Waals surface area (Å²) in [5.74, 6) is -0.0875. The van der Waals surface area contributed by atoms with Gasteiger partial charge in [-0.1, -0.05) is 12.1 Å². The molecular weight excluding hydrogens is 318 g/mol. The van der Waals surface area contributed by atoms with Gasteiger partial charge >= 0.3 is 0 Å². The predicted molar refractivity (Wildman–Crippen MR) is 92.1 cm³/mol. The molecule has 3 heterocycles. The molecule has 3 aliphatic rings. The number of carbonyl (C=O) groups excluding carboxylic acids is 3. The summed E-state index contributed by atoms with van der Waals surface area (Å²) < 4.78 is 0. The lowest BCUT2D eigenvalue weighted by Gasteiger charge is -2.28. The number of rotatable bonds is 5. The summed E-state index contributed by atoms with van der Waals surface area (Å²) in [7, 11) is 0. The molecule has 3 aliphatic heterocycles. The lowest BCUT2D eigenvalue weighted by atomic mass is 9.89. The van der Waals surface area contributed by atoms with Crippen LogP contribution in [0.2, 0.25) is 0 Å². The molecule has 2 atom stereocenters. The van der Waals surface area contributed by atoms with Crippen molar-refractivity contribution in [3.05, 3.63) is 35.4 Å². The first-order valence-electron chi connectivity index (χ1n) is 9.10. The van der Waals surface area contributed by atoms with E-state index in [1.807, 2.05) is 0 Å². The summed E-state index contributed by atoms with van der Waals surface area (Å²) in [4.78, 5) is 37.9. The van der Waals surface area contributed by atoms with E-state index < -0.39 is 0 Å². The maximum atomic E-state index is 12.3. The van der Waals surface area contributed by atoms with Crippen molar-refractivity contribution < 1.29 is 14.4 Å². The number of hydrogen-bond acceptors (Lipinski definition) is 4. The van der Waals surface area contributed by atoms with E-state index in [9.17, 15) is 14.4 Å². The maximum absolute atomic E-state index is 12.3. The fourth-order valence-electron chi connectivity index (χ4n) is 4.43. The van der Waals surface area contributed by atoms with Gasteiger partial charge in [-0.05, 0) is 43.7 Å². The van der Waals surface area contributed by atoms with Gasteiger partial charge in [-0.2, -0.15) is 0 Å². The number of imide groups is 1. The van der Waals surface area contributed by atoms with Crippen molar-refractivity contribution in [2.75, 3.05) is 13.1 Å². The van der Waals surface area contributed by atoms with Crippen molar-refractivity contribution in [1.82, 2.24) is 15.5 Å². The molecule has 0 spiro atoms. The SMILES string of the molecule is O=C(CC1CC2CCC(C1)N2)NCCN1C(=O)c2ccccc2C1=O. The third-order valence-corrected chi connectivity index (χ3v) is 5.58. The van der Waals surface area contributed by atoms with Gasteiger partial charge in [0.2, 0.25) is 5.91 Å². The zero-order valence-corrected chi connectivity index (χ0v) is 14.2. The lowest BCUT2D eigenvalue weighted by molar-refractivity contribution is -0.122. The van der Waals surface area contributed by atoms with E-state index in [4.69, 9.17) is 0 Å². The molecular formula is C19H23N3O3. The van der Waals surface area contributed by atoms with Gasteiger partial charge in [-0.3, -0.25) is 19.3 Å². The highest BCUT2D eigenvalue weighted by Gasteiger charge is 2.35. The minimum Gasteiger partial charge on any atom is -0.354 e. The van der Waals surface area contributed by atoms with Crippen LogP contribution in [0.25, 0.3) is 0 Å². The highest BCUT2D eigenvalue weighted by atomic mass is 16.2. The summed E-state index contributed by atoms with van der Waals surface area (Å²) in [5, 5.41) is 6.45. The molecule has 25 heavy (non-hydrogen) atoms. The highest BCUT2D eigenvalue weighted by molar-refractivity contribution is 6.21. The molecule has 0 aliphatic carbocycles. The van der Waals surface area contributed by atoms with Crippen LogP contribution >= 0.6 is 0 Å². The quantitative estimate of drug-likeness (QED) is 0.792. The first kappa shape index (κ1) is 16.3. The smallest absolute Gasteiger partial charge is 0.261 e. The number of nitrogens with one attached hydrogen (secondary N) is 2. The Kier molecular flexibility index (Phi) is 4.29. The molecule has 0 aromatic heterocycles. The molecule has 2 bridgehead atoms. The van der Waals surface area contributed by atoms with E-state index in [2.05, 4.69) is 10.6 Å². The standard InChI is InChI=1S/C19H23N3O3/c23-17(11-12-9-13-5-6-14(10-12)21-13)20-7-8-22-18(24)15-3-1-2-4-16(15)19(22)25/h1-4,12-14,21H,5-11H2,(H,20,23). The Morgan fingerprint density at radius 1 is 1.08 bits per heavy atom. The summed E-state index contributed by atoms with van der Waals surface area (Å²) in [6, 6.07) is 7.99. The summed E-state index contributed by atoms with van der Waals surface area (Å²) in [6.07, 6.45) is 5.13. The van der Waals surface area contributed by atoms with Crippen molar-refractivity contribution >= 4 is 17.7 Å². The normalized spacial score (nSPS) is 27.5. The molecule has 2 saturated heterocycles. The van der Waals surface area contributed by atoms with Gasteiger partial charge in [-0.15, -0.1) is 0 Å². The molecule has 2 unspecified atom stereocenters. The Labute approximate surface area is 147 Å². The molecule has 4 rings (SSSR count). The van der Waals surface area contributed by atoms with Gasteiger partial charge in [0.15, 0.2) is 0 Å². The van der Waals surface area contributed by atoms with E-state index in [0.717, 1.165) is 12.8 Å². The third kappa shape index (κ3) is 3.18. The molecule has 6 nitrogen and oxygen atoms in total. The second-order valence-electron chi connectivity index (χ2n) is 7.34. The van der Waals surface area contributed by atoms with Gasteiger partial charge in [0.25, 0.3) is 11.8 Å². The molecule has 1 aromatic carbocycles. The minimum atomic E-state index is -0.273. The minimum absolute atomic E-state index is 0.0166. The lowest BCUT2D eigenvalue weighted by Crippen LogP contribution is -2.41. The number of benzene rings is 1. The molecule has 3 amide bonds. The van der Waals surface area contributed by atoms with E-state index in [-0.39, 0.29) is 24.3 Å². The maximum Gasteiger partial charge on any atom is 0.261 e. The number of carbonyl (C=O) groups is 3. The van der Waals surface area contributed by atoms with E-state index in [1.165, 1.54) is 17.7 Å². The van der Waals surface area contributed by atoms with Gasteiger partial charge in [0.1, 0.15) is 0 Å². The molecule has 0 radical (unpaired) electrons. The molecule has 2 fully saturated rings. The fraction of sp³-hybridized carbons (Fsp3) is 0.526. The zero-order valence-electron chi connectivity index (χ0n) is 14.2. The van der Waals surface area contributed by atoms with Gasteiger partial charge in [0, 0.05) is 31.6 Å². The summed E-state index contributed by atoms with van der Waals surface area (Å²) >= 11 is 0. The van der Waals surface area contributed by atoms with Crippen LogP contribution in [-0.4, -0.2) is 47.8 Å². The molecule has 6 heteroatoms. The predicted octanol–water partition coefficient (Wildman–Crippen LogP) is 1.32. The third-order valence-electron chi connectivity index (χ3n) is 5.58. The first-order valence-corrected chi connectivity index (χ1v) is 9.10. The van der Waals surface area contributed by atoms with Gasteiger partial charge in [0.05, 0.1) is 11.1 Å². The van der Waals surface area contributed by atoms with Crippen LogP contribution in [0.1, 0.15) is 52.8 Å². The van der Waals surface area contributed by atoms with E-state index in [1.54, 1.807) is 24.3 Å².